The van der Waals surface area contributed by atoms with Crippen molar-refractivity contribution in [2.24, 2.45) is 0 Å². The Hall–Kier alpha value is -2.21. The Morgan fingerprint density at radius 3 is 2.91 bits per heavy atom. The first-order chi connectivity index (χ1) is 11.0. The van der Waals surface area contributed by atoms with Crippen molar-refractivity contribution in [3.8, 4) is 0 Å². The van der Waals surface area contributed by atoms with Gasteiger partial charge in [0.15, 0.2) is 0 Å². The van der Waals surface area contributed by atoms with Crippen LogP contribution in [0.3, 0.4) is 0 Å². The van der Waals surface area contributed by atoms with Crippen molar-refractivity contribution < 1.29 is 4.79 Å². The number of aryl methyl sites for hydroxylation is 2. The second-order valence-electron chi connectivity index (χ2n) is 5.92. The molecule has 0 bridgehead atoms. The van der Waals surface area contributed by atoms with Crippen LogP contribution in [-0.2, 0) is 0 Å². The summed E-state index contributed by atoms with van der Waals surface area (Å²) in [6.45, 7) is 6.27. The minimum atomic E-state index is -0.396. The van der Waals surface area contributed by atoms with E-state index in [2.05, 4.69) is 29.4 Å². The van der Waals surface area contributed by atoms with Gasteiger partial charge in [-0.1, -0.05) is 17.7 Å². The van der Waals surface area contributed by atoms with Gasteiger partial charge in [-0.15, -0.1) is 0 Å². The number of hydrogen-bond acceptors (Lipinski definition) is 4. The summed E-state index contributed by atoms with van der Waals surface area (Å²) in [5.41, 5.74) is 3.80. The van der Waals surface area contributed by atoms with E-state index < -0.39 is 6.03 Å². The summed E-state index contributed by atoms with van der Waals surface area (Å²) >= 11 is 1.09. The fourth-order valence-electron chi connectivity index (χ4n) is 2.80. The van der Waals surface area contributed by atoms with E-state index in [9.17, 15) is 9.59 Å². The molecule has 3 rings (SSSR count). The number of carbonyl (C=O) groups excluding carboxylic acids is 1. The van der Waals surface area contributed by atoms with Crippen LogP contribution >= 0.6 is 11.5 Å². The lowest BCUT2D eigenvalue weighted by Crippen LogP contribution is -2.34. The number of hydrogen-bond donors (Lipinski definition) is 1. The summed E-state index contributed by atoms with van der Waals surface area (Å²) in [4.78, 5) is 29.8. The van der Waals surface area contributed by atoms with Crippen molar-refractivity contribution >= 4 is 27.8 Å². The lowest BCUT2D eigenvalue weighted by molar-refractivity contribution is 0.244. The lowest BCUT2D eigenvalue weighted by Gasteiger charge is -2.11. The molecule has 0 atom stereocenters. The van der Waals surface area contributed by atoms with E-state index in [1.165, 1.54) is 5.57 Å². The first kappa shape index (κ1) is 15.7. The smallest absolute Gasteiger partial charge is 0.333 e. The minimum absolute atomic E-state index is 0.295. The molecule has 0 aromatic carbocycles. The van der Waals surface area contributed by atoms with Crippen LogP contribution in [0.2, 0.25) is 0 Å². The third-order valence-corrected chi connectivity index (χ3v) is 4.88. The Labute approximate surface area is 138 Å². The molecule has 1 amide bonds. The fraction of sp³-hybridized carbons (Fsp3) is 0.353. The van der Waals surface area contributed by atoms with E-state index in [0.29, 0.717) is 16.8 Å². The van der Waals surface area contributed by atoms with Crippen molar-refractivity contribution in [2.45, 2.75) is 33.6 Å². The van der Waals surface area contributed by atoms with E-state index in [4.69, 9.17) is 0 Å². The average molecular weight is 329 g/mol. The molecule has 2 aromatic heterocycles. The van der Waals surface area contributed by atoms with Crippen LogP contribution in [0, 0.1) is 13.8 Å². The molecule has 0 unspecified atom stereocenters. The fourth-order valence-corrected chi connectivity index (χ4v) is 3.82. The van der Waals surface area contributed by atoms with E-state index in [1.54, 1.807) is 0 Å². The van der Waals surface area contributed by atoms with Crippen molar-refractivity contribution in [3.05, 3.63) is 51.0 Å². The molecule has 0 aliphatic heterocycles. The largest absolute Gasteiger partial charge is 0.338 e. The Morgan fingerprint density at radius 1 is 1.39 bits per heavy atom. The molecular weight excluding hydrogens is 310 g/mol. The number of amides is 1. The van der Waals surface area contributed by atoms with Gasteiger partial charge < -0.3 is 5.32 Å². The molecule has 0 radical (unpaired) electrons. The van der Waals surface area contributed by atoms with Gasteiger partial charge >= 0.3 is 6.03 Å². The third kappa shape index (κ3) is 3.12. The van der Waals surface area contributed by atoms with Gasteiger partial charge in [0, 0.05) is 12.2 Å². The molecule has 0 fully saturated rings. The Morgan fingerprint density at radius 2 is 2.17 bits per heavy atom. The molecular formula is C17H19N3O2S. The lowest BCUT2D eigenvalue weighted by atomic mass is 10.0. The van der Waals surface area contributed by atoms with Gasteiger partial charge in [-0.2, -0.15) is 3.96 Å². The third-order valence-electron chi connectivity index (χ3n) is 3.89. The van der Waals surface area contributed by atoms with E-state index in [-0.39, 0.29) is 5.56 Å². The van der Waals surface area contributed by atoms with Crippen LogP contribution in [0.5, 0.6) is 0 Å². The highest BCUT2D eigenvalue weighted by Gasteiger charge is 2.17. The maximum Gasteiger partial charge on any atom is 0.338 e. The predicted octanol–water partition coefficient (Wildman–Crippen LogP) is 3.30. The SMILES string of the molecule is CC1=CC(CNC(=O)n2sc3nc(C)cc(C)c3c2=O)=CCC1. The summed E-state index contributed by atoms with van der Waals surface area (Å²) in [5, 5.41) is 3.35. The van der Waals surface area contributed by atoms with Gasteiger partial charge in [0.2, 0.25) is 0 Å². The van der Waals surface area contributed by atoms with Gasteiger partial charge in [-0.05, 0) is 62.3 Å². The van der Waals surface area contributed by atoms with Crippen LogP contribution in [0.4, 0.5) is 4.79 Å². The molecule has 5 nitrogen and oxygen atoms in total. The second kappa shape index (κ2) is 6.12. The van der Waals surface area contributed by atoms with Crippen LogP contribution < -0.4 is 10.9 Å². The Bertz CT molecular complexity index is 902. The summed E-state index contributed by atoms with van der Waals surface area (Å²) in [5.74, 6) is 0. The van der Waals surface area contributed by atoms with Crippen molar-refractivity contribution in [1.82, 2.24) is 14.3 Å². The Balaban J connectivity index is 1.84. The van der Waals surface area contributed by atoms with Gasteiger partial charge in [-0.25, -0.2) is 9.78 Å². The molecule has 1 aliphatic carbocycles. The van der Waals surface area contributed by atoms with Gasteiger partial charge in [0.05, 0.1) is 5.39 Å². The zero-order valence-corrected chi connectivity index (χ0v) is 14.3. The molecule has 1 aliphatic rings. The van der Waals surface area contributed by atoms with Gasteiger partial charge in [-0.3, -0.25) is 4.79 Å². The van der Waals surface area contributed by atoms with Crippen molar-refractivity contribution in [1.29, 1.82) is 0 Å². The summed E-state index contributed by atoms with van der Waals surface area (Å²) in [7, 11) is 0. The summed E-state index contributed by atoms with van der Waals surface area (Å²) in [6, 6.07) is 1.46. The summed E-state index contributed by atoms with van der Waals surface area (Å²) in [6.07, 6.45) is 6.28. The van der Waals surface area contributed by atoms with Crippen molar-refractivity contribution in [3.63, 3.8) is 0 Å². The van der Waals surface area contributed by atoms with Crippen LogP contribution in [-0.4, -0.2) is 21.5 Å². The monoisotopic (exact) mass is 329 g/mol. The van der Waals surface area contributed by atoms with Crippen molar-refractivity contribution in [2.75, 3.05) is 6.54 Å². The maximum atomic E-state index is 12.5. The second-order valence-corrected chi connectivity index (χ2v) is 6.85. The average Bonchev–Trinajstić information content (AvgIpc) is 2.82. The number of nitrogens with zero attached hydrogens (tertiary/aromatic N) is 2. The molecule has 0 saturated heterocycles. The quantitative estimate of drug-likeness (QED) is 0.919. The topological polar surface area (TPSA) is 64.0 Å². The summed E-state index contributed by atoms with van der Waals surface area (Å²) < 4.78 is 1.16. The number of carbonyl (C=O) groups is 1. The standard InChI is InChI=1S/C17H19N3O2S/c1-10-5-4-6-13(7-10)9-18-17(22)20-16(21)14-11(2)8-12(3)19-15(14)23-20/h6-8H,4-5,9H2,1-3H3,(H,18,22). The zero-order valence-electron chi connectivity index (χ0n) is 13.5. The van der Waals surface area contributed by atoms with E-state index in [1.807, 2.05) is 19.9 Å². The Kier molecular flexibility index (Phi) is 4.17. The maximum absolute atomic E-state index is 12.5. The molecule has 0 saturated carbocycles. The van der Waals surface area contributed by atoms with E-state index in [0.717, 1.165) is 45.2 Å². The highest BCUT2D eigenvalue weighted by atomic mass is 32.1. The van der Waals surface area contributed by atoms with Gasteiger partial charge in [0.1, 0.15) is 4.83 Å². The molecule has 120 valence electrons. The van der Waals surface area contributed by atoms with Crippen LogP contribution in [0.1, 0.15) is 31.0 Å². The molecule has 2 aromatic rings. The molecule has 1 N–H and O–H groups in total. The highest BCUT2D eigenvalue weighted by Crippen LogP contribution is 2.19. The van der Waals surface area contributed by atoms with E-state index >= 15 is 0 Å². The first-order valence-electron chi connectivity index (χ1n) is 7.60. The van der Waals surface area contributed by atoms with Crippen LogP contribution in [0.15, 0.2) is 34.2 Å². The molecule has 23 heavy (non-hydrogen) atoms. The number of pyridine rings is 1. The number of fused-ring (bicyclic) bond motifs is 1. The zero-order chi connectivity index (χ0) is 16.6. The molecule has 2 heterocycles. The molecule has 0 spiro atoms. The molecule has 6 heteroatoms. The first-order valence-corrected chi connectivity index (χ1v) is 8.38. The minimum Gasteiger partial charge on any atom is -0.333 e. The number of allylic oxidation sites excluding steroid dienone is 2. The van der Waals surface area contributed by atoms with Crippen LogP contribution in [0.25, 0.3) is 10.2 Å². The number of nitrogens with one attached hydrogen (secondary N) is 1. The number of aromatic nitrogens is 2. The number of rotatable bonds is 2. The predicted molar refractivity (Wildman–Crippen MR) is 93.2 cm³/mol. The highest BCUT2D eigenvalue weighted by molar-refractivity contribution is 7.14. The normalized spacial score (nSPS) is 14.6. The van der Waals surface area contributed by atoms with Gasteiger partial charge in [0.25, 0.3) is 5.56 Å².